The summed E-state index contributed by atoms with van der Waals surface area (Å²) in [5.74, 6) is 0. The Bertz CT molecular complexity index is 558. The number of alkyl halides is 3. The summed E-state index contributed by atoms with van der Waals surface area (Å²) >= 11 is 0. The standard InChI is InChI=1S/C12H12F3N3/c1-3-18-7-10(8(2)17-18)9-4-5-16-11(6-9)12(13,14)15/h4-7H,3H2,1-2H3. The number of nitrogens with zero attached hydrogens (tertiary/aromatic N) is 3. The molecule has 0 bridgehead atoms. The van der Waals surface area contributed by atoms with E-state index in [9.17, 15) is 13.2 Å². The lowest BCUT2D eigenvalue weighted by Gasteiger charge is -2.06. The van der Waals surface area contributed by atoms with Crippen LogP contribution >= 0.6 is 0 Å². The highest BCUT2D eigenvalue weighted by atomic mass is 19.4. The van der Waals surface area contributed by atoms with Crippen LogP contribution in [0, 0.1) is 6.92 Å². The first-order chi connectivity index (χ1) is 8.41. The Hall–Kier alpha value is -1.85. The lowest BCUT2D eigenvalue weighted by molar-refractivity contribution is -0.141. The van der Waals surface area contributed by atoms with E-state index in [1.54, 1.807) is 23.9 Å². The quantitative estimate of drug-likeness (QED) is 0.824. The number of aromatic nitrogens is 3. The van der Waals surface area contributed by atoms with Gasteiger partial charge in [-0.1, -0.05) is 0 Å². The lowest BCUT2D eigenvalue weighted by Crippen LogP contribution is -2.07. The topological polar surface area (TPSA) is 30.7 Å². The summed E-state index contributed by atoms with van der Waals surface area (Å²) in [5.41, 5.74) is 0.999. The molecule has 0 saturated heterocycles. The Morgan fingerprint density at radius 3 is 2.61 bits per heavy atom. The zero-order valence-electron chi connectivity index (χ0n) is 9.99. The molecule has 0 aromatic carbocycles. The third-order valence-corrected chi connectivity index (χ3v) is 2.63. The van der Waals surface area contributed by atoms with Crippen LogP contribution in [0.5, 0.6) is 0 Å². The predicted octanol–water partition coefficient (Wildman–Crippen LogP) is 3.29. The van der Waals surface area contributed by atoms with Gasteiger partial charge in [-0.15, -0.1) is 0 Å². The summed E-state index contributed by atoms with van der Waals surface area (Å²) in [6, 6.07) is 2.60. The average Bonchev–Trinajstić information content (AvgIpc) is 2.70. The van der Waals surface area contributed by atoms with Crippen molar-refractivity contribution in [3.05, 3.63) is 35.9 Å². The molecular formula is C12H12F3N3. The minimum Gasteiger partial charge on any atom is -0.272 e. The highest BCUT2D eigenvalue weighted by Crippen LogP contribution is 2.31. The van der Waals surface area contributed by atoms with Crippen molar-refractivity contribution in [2.45, 2.75) is 26.6 Å². The maximum atomic E-state index is 12.6. The molecule has 3 nitrogen and oxygen atoms in total. The Morgan fingerprint density at radius 1 is 1.33 bits per heavy atom. The van der Waals surface area contributed by atoms with Gasteiger partial charge in [0.25, 0.3) is 0 Å². The summed E-state index contributed by atoms with van der Waals surface area (Å²) < 4.78 is 39.4. The molecule has 0 aliphatic heterocycles. The number of rotatable bonds is 2. The molecule has 2 aromatic rings. The molecule has 2 aromatic heterocycles. The molecule has 0 amide bonds. The smallest absolute Gasteiger partial charge is 0.272 e. The maximum absolute atomic E-state index is 12.6. The Balaban J connectivity index is 2.47. The van der Waals surface area contributed by atoms with Crippen molar-refractivity contribution in [1.29, 1.82) is 0 Å². The molecule has 2 rings (SSSR count). The van der Waals surface area contributed by atoms with Crippen LogP contribution in [0.25, 0.3) is 11.1 Å². The fourth-order valence-corrected chi connectivity index (χ4v) is 1.72. The van der Waals surface area contributed by atoms with Gasteiger partial charge in [0.2, 0.25) is 0 Å². The molecule has 0 radical (unpaired) electrons. The number of hydrogen-bond acceptors (Lipinski definition) is 2. The van der Waals surface area contributed by atoms with Crippen LogP contribution in [-0.4, -0.2) is 14.8 Å². The van der Waals surface area contributed by atoms with Crippen molar-refractivity contribution in [2.24, 2.45) is 0 Å². The van der Waals surface area contributed by atoms with Gasteiger partial charge in [0.15, 0.2) is 0 Å². The van der Waals surface area contributed by atoms with Crippen molar-refractivity contribution in [3.63, 3.8) is 0 Å². The van der Waals surface area contributed by atoms with Crippen LogP contribution in [0.15, 0.2) is 24.5 Å². The molecule has 0 aliphatic carbocycles. The highest BCUT2D eigenvalue weighted by molar-refractivity contribution is 5.65. The Kier molecular flexibility index (Phi) is 3.11. The molecule has 0 saturated carbocycles. The minimum absolute atomic E-state index is 0.481. The first-order valence-corrected chi connectivity index (χ1v) is 5.49. The summed E-state index contributed by atoms with van der Waals surface area (Å²) in [6.45, 7) is 4.37. The van der Waals surface area contributed by atoms with Gasteiger partial charge in [0.05, 0.1) is 5.69 Å². The predicted molar refractivity (Wildman–Crippen MR) is 60.9 cm³/mol. The molecule has 0 unspecified atom stereocenters. The van der Waals surface area contributed by atoms with E-state index >= 15 is 0 Å². The van der Waals surface area contributed by atoms with Gasteiger partial charge in [0.1, 0.15) is 5.69 Å². The second-order valence-corrected chi connectivity index (χ2v) is 3.91. The SMILES string of the molecule is CCn1cc(-c2ccnc(C(F)(F)F)c2)c(C)n1. The number of hydrogen-bond donors (Lipinski definition) is 0. The van der Waals surface area contributed by atoms with Crippen LogP contribution in [-0.2, 0) is 12.7 Å². The van der Waals surface area contributed by atoms with E-state index in [0.29, 0.717) is 23.4 Å². The van der Waals surface area contributed by atoms with Gasteiger partial charge >= 0.3 is 6.18 Å². The van der Waals surface area contributed by atoms with Crippen LogP contribution in [0.3, 0.4) is 0 Å². The number of pyridine rings is 1. The molecule has 6 heteroatoms. The molecule has 0 atom stereocenters. The molecular weight excluding hydrogens is 243 g/mol. The average molecular weight is 255 g/mol. The van der Waals surface area contributed by atoms with Gasteiger partial charge in [0, 0.05) is 24.5 Å². The third-order valence-electron chi connectivity index (χ3n) is 2.63. The van der Waals surface area contributed by atoms with Crippen LogP contribution in [0.4, 0.5) is 13.2 Å². The molecule has 18 heavy (non-hydrogen) atoms. The van der Waals surface area contributed by atoms with E-state index < -0.39 is 11.9 Å². The van der Waals surface area contributed by atoms with Crippen molar-refractivity contribution >= 4 is 0 Å². The Morgan fingerprint density at radius 2 is 2.06 bits per heavy atom. The van der Waals surface area contributed by atoms with Crippen molar-refractivity contribution < 1.29 is 13.2 Å². The third kappa shape index (κ3) is 2.37. The highest BCUT2D eigenvalue weighted by Gasteiger charge is 2.32. The van der Waals surface area contributed by atoms with Crippen molar-refractivity contribution in [3.8, 4) is 11.1 Å². The van der Waals surface area contributed by atoms with E-state index in [2.05, 4.69) is 10.1 Å². The summed E-state index contributed by atoms with van der Waals surface area (Å²) in [4.78, 5) is 3.34. The van der Waals surface area contributed by atoms with Gasteiger partial charge in [-0.2, -0.15) is 18.3 Å². The van der Waals surface area contributed by atoms with Gasteiger partial charge < -0.3 is 0 Å². The first kappa shape index (κ1) is 12.6. The molecule has 0 fully saturated rings. The summed E-state index contributed by atoms with van der Waals surface area (Å²) in [6.07, 6.45) is -1.52. The first-order valence-electron chi connectivity index (χ1n) is 5.49. The molecule has 0 spiro atoms. The molecule has 96 valence electrons. The van der Waals surface area contributed by atoms with Crippen molar-refractivity contribution in [1.82, 2.24) is 14.8 Å². The van der Waals surface area contributed by atoms with Crippen LogP contribution < -0.4 is 0 Å². The second kappa shape index (κ2) is 4.44. The normalized spacial score (nSPS) is 11.8. The molecule has 0 aliphatic rings. The van der Waals surface area contributed by atoms with Crippen LogP contribution in [0.1, 0.15) is 18.3 Å². The van der Waals surface area contributed by atoms with E-state index in [1.807, 2.05) is 6.92 Å². The second-order valence-electron chi connectivity index (χ2n) is 3.91. The van der Waals surface area contributed by atoms with Crippen LogP contribution in [0.2, 0.25) is 0 Å². The number of aryl methyl sites for hydroxylation is 2. The van der Waals surface area contributed by atoms with Gasteiger partial charge in [-0.05, 0) is 31.5 Å². The fraction of sp³-hybridized carbons (Fsp3) is 0.333. The summed E-state index contributed by atoms with van der Waals surface area (Å²) in [7, 11) is 0. The zero-order chi connectivity index (χ0) is 13.3. The monoisotopic (exact) mass is 255 g/mol. The molecule has 2 heterocycles. The minimum atomic E-state index is -4.43. The van der Waals surface area contributed by atoms with E-state index in [-0.39, 0.29) is 0 Å². The largest absolute Gasteiger partial charge is 0.433 e. The number of halogens is 3. The van der Waals surface area contributed by atoms with Gasteiger partial charge in [-0.3, -0.25) is 9.67 Å². The lowest BCUT2D eigenvalue weighted by atomic mass is 10.1. The van der Waals surface area contributed by atoms with E-state index in [1.165, 1.54) is 6.20 Å². The van der Waals surface area contributed by atoms with E-state index in [4.69, 9.17) is 0 Å². The van der Waals surface area contributed by atoms with Gasteiger partial charge in [-0.25, -0.2) is 0 Å². The summed E-state index contributed by atoms with van der Waals surface area (Å²) in [5, 5.41) is 4.21. The fourth-order valence-electron chi connectivity index (χ4n) is 1.72. The maximum Gasteiger partial charge on any atom is 0.433 e. The van der Waals surface area contributed by atoms with E-state index in [0.717, 1.165) is 6.07 Å². The Labute approximate surface area is 102 Å². The zero-order valence-corrected chi connectivity index (χ0v) is 9.99. The molecule has 0 N–H and O–H groups in total. The van der Waals surface area contributed by atoms with Crippen molar-refractivity contribution in [2.75, 3.05) is 0 Å².